The first-order valence-corrected chi connectivity index (χ1v) is 6.62. The molecule has 0 bridgehead atoms. The summed E-state index contributed by atoms with van der Waals surface area (Å²) >= 11 is 0. The molecule has 3 rings (SSSR count). The van der Waals surface area contributed by atoms with E-state index in [0.29, 0.717) is 12.3 Å². The zero-order chi connectivity index (χ0) is 12.5. The van der Waals surface area contributed by atoms with Gasteiger partial charge in [0.25, 0.3) is 0 Å². The highest BCUT2D eigenvalue weighted by molar-refractivity contribution is 5.71. The van der Waals surface area contributed by atoms with Gasteiger partial charge in [-0.25, -0.2) is 14.5 Å². The summed E-state index contributed by atoms with van der Waals surface area (Å²) in [5, 5.41) is 16.9. The Labute approximate surface area is 105 Å². The Bertz CT molecular complexity index is 451. The predicted molar refractivity (Wildman–Crippen MR) is 64.3 cm³/mol. The molecule has 0 amide bonds. The molecule has 2 aliphatic heterocycles. The average Bonchev–Trinajstić information content (AvgIpc) is 2.96. The fourth-order valence-electron chi connectivity index (χ4n) is 2.86. The minimum atomic E-state index is -0.796. The van der Waals surface area contributed by atoms with Crippen LogP contribution in [0.2, 0.25) is 0 Å². The molecule has 0 aromatic carbocycles. The first kappa shape index (κ1) is 11.6. The molecule has 1 aromatic heterocycles. The number of aliphatic carboxylic acids is 1. The molecular weight excluding hydrogens is 232 g/mol. The van der Waals surface area contributed by atoms with Crippen LogP contribution in [-0.2, 0) is 17.6 Å². The van der Waals surface area contributed by atoms with Crippen LogP contribution < -0.4 is 5.32 Å². The van der Waals surface area contributed by atoms with Crippen molar-refractivity contribution in [1.82, 2.24) is 20.1 Å². The van der Waals surface area contributed by atoms with E-state index in [1.54, 1.807) is 4.68 Å². The van der Waals surface area contributed by atoms with Crippen LogP contribution in [0, 0.1) is 5.92 Å². The van der Waals surface area contributed by atoms with Gasteiger partial charge in [0.1, 0.15) is 5.82 Å². The highest BCUT2D eigenvalue weighted by atomic mass is 16.4. The van der Waals surface area contributed by atoms with Gasteiger partial charge < -0.3 is 10.4 Å². The van der Waals surface area contributed by atoms with Crippen molar-refractivity contribution in [2.45, 2.75) is 38.1 Å². The van der Waals surface area contributed by atoms with E-state index in [1.807, 2.05) is 0 Å². The van der Waals surface area contributed by atoms with E-state index in [1.165, 1.54) is 0 Å². The Morgan fingerprint density at radius 1 is 1.50 bits per heavy atom. The Balaban J connectivity index is 1.79. The standard InChI is InChI=1S/C12H18N4O2/c17-12(18)9-2-1-3-11-14-10(15-16(9)11)6-8-4-5-13-7-8/h8-9,13H,1-7H2,(H,17,18). The van der Waals surface area contributed by atoms with E-state index >= 15 is 0 Å². The lowest BCUT2D eigenvalue weighted by molar-refractivity contribution is -0.141. The van der Waals surface area contributed by atoms with Gasteiger partial charge in [-0.15, -0.1) is 0 Å². The van der Waals surface area contributed by atoms with Crippen molar-refractivity contribution < 1.29 is 9.90 Å². The molecule has 2 N–H and O–H groups in total. The summed E-state index contributed by atoms with van der Waals surface area (Å²) in [5.41, 5.74) is 0. The molecular formula is C12H18N4O2. The van der Waals surface area contributed by atoms with Gasteiger partial charge in [0.15, 0.2) is 11.9 Å². The van der Waals surface area contributed by atoms with Crippen molar-refractivity contribution in [2.75, 3.05) is 13.1 Å². The second-order valence-corrected chi connectivity index (χ2v) is 5.20. The summed E-state index contributed by atoms with van der Waals surface area (Å²) in [5.74, 6) is 1.45. The number of carboxylic acids is 1. The van der Waals surface area contributed by atoms with Crippen molar-refractivity contribution in [2.24, 2.45) is 5.92 Å². The largest absolute Gasteiger partial charge is 0.480 e. The zero-order valence-electron chi connectivity index (χ0n) is 10.3. The first-order chi connectivity index (χ1) is 8.74. The Hall–Kier alpha value is -1.43. The molecule has 2 atom stereocenters. The van der Waals surface area contributed by atoms with E-state index in [0.717, 1.165) is 50.4 Å². The minimum absolute atomic E-state index is 0.517. The molecule has 2 aliphatic rings. The molecule has 18 heavy (non-hydrogen) atoms. The van der Waals surface area contributed by atoms with Gasteiger partial charge in [0.2, 0.25) is 0 Å². The molecule has 3 heterocycles. The number of rotatable bonds is 3. The molecule has 0 spiro atoms. The SMILES string of the molecule is O=C(O)C1CCCc2nc(CC3CCNC3)nn21. The molecule has 1 saturated heterocycles. The zero-order valence-corrected chi connectivity index (χ0v) is 10.3. The van der Waals surface area contributed by atoms with Crippen LogP contribution >= 0.6 is 0 Å². The number of hydrogen-bond acceptors (Lipinski definition) is 4. The molecule has 0 saturated carbocycles. The van der Waals surface area contributed by atoms with E-state index in [4.69, 9.17) is 0 Å². The molecule has 6 heteroatoms. The third-order valence-electron chi connectivity index (χ3n) is 3.84. The highest BCUT2D eigenvalue weighted by Gasteiger charge is 2.29. The van der Waals surface area contributed by atoms with E-state index in [-0.39, 0.29) is 0 Å². The van der Waals surface area contributed by atoms with Crippen LogP contribution in [0.15, 0.2) is 0 Å². The summed E-state index contributed by atoms with van der Waals surface area (Å²) in [6.45, 7) is 2.09. The summed E-state index contributed by atoms with van der Waals surface area (Å²) in [7, 11) is 0. The number of aryl methyl sites for hydroxylation is 1. The Morgan fingerprint density at radius 3 is 3.11 bits per heavy atom. The Morgan fingerprint density at radius 2 is 2.39 bits per heavy atom. The third-order valence-corrected chi connectivity index (χ3v) is 3.84. The fourth-order valence-corrected chi connectivity index (χ4v) is 2.86. The van der Waals surface area contributed by atoms with Crippen LogP contribution in [0.4, 0.5) is 0 Å². The smallest absolute Gasteiger partial charge is 0.328 e. The number of hydrogen-bond donors (Lipinski definition) is 2. The van der Waals surface area contributed by atoms with Gasteiger partial charge in [-0.05, 0) is 38.3 Å². The monoisotopic (exact) mass is 250 g/mol. The number of carboxylic acid groups (broad SMARTS) is 1. The van der Waals surface area contributed by atoms with Crippen molar-refractivity contribution in [3.63, 3.8) is 0 Å². The molecule has 2 unspecified atom stereocenters. The second-order valence-electron chi connectivity index (χ2n) is 5.20. The number of fused-ring (bicyclic) bond motifs is 1. The highest BCUT2D eigenvalue weighted by Crippen LogP contribution is 2.24. The summed E-state index contributed by atoms with van der Waals surface area (Å²) in [6.07, 6.45) is 4.42. The van der Waals surface area contributed by atoms with Gasteiger partial charge in [0, 0.05) is 12.8 Å². The van der Waals surface area contributed by atoms with Gasteiger partial charge in [0.05, 0.1) is 0 Å². The van der Waals surface area contributed by atoms with Crippen molar-refractivity contribution in [1.29, 1.82) is 0 Å². The maximum atomic E-state index is 11.2. The van der Waals surface area contributed by atoms with Gasteiger partial charge in [-0.1, -0.05) is 0 Å². The quantitative estimate of drug-likeness (QED) is 0.811. The second kappa shape index (κ2) is 4.68. The minimum Gasteiger partial charge on any atom is -0.480 e. The lowest BCUT2D eigenvalue weighted by Crippen LogP contribution is -2.26. The van der Waals surface area contributed by atoms with Crippen LogP contribution in [-0.4, -0.2) is 38.9 Å². The van der Waals surface area contributed by atoms with Gasteiger partial charge in [-0.3, -0.25) is 0 Å². The van der Waals surface area contributed by atoms with Crippen LogP contribution in [0.25, 0.3) is 0 Å². The maximum absolute atomic E-state index is 11.2. The first-order valence-electron chi connectivity index (χ1n) is 6.62. The summed E-state index contributed by atoms with van der Waals surface area (Å²) in [4.78, 5) is 15.7. The molecule has 0 aliphatic carbocycles. The van der Waals surface area contributed by atoms with Gasteiger partial charge in [-0.2, -0.15) is 5.10 Å². The van der Waals surface area contributed by atoms with E-state index in [2.05, 4.69) is 15.4 Å². The molecule has 0 radical (unpaired) electrons. The lowest BCUT2D eigenvalue weighted by atomic mass is 10.0. The van der Waals surface area contributed by atoms with Crippen molar-refractivity contribution >= 4 is 5.97 Å². The normalized spacial score (nSPS) is 27.1. The van der Waals surface area contributed by atoms with Crippen LogP contribution in [0.5, 0.6) is 0 Å². The topological polar surface area (TPSA) is 80.0 Å². The van der Waals surface area contributed by atoms with Crippen molar-refractivity contribution in [3.05, 3.63) is 11.6 Å². The number of nitrogens with zero attached hydrogens (tertiary/aromatic N) is 3. The molecule has 1 fully saturated rings. The number of aromatic nitrogens is 3. The van der Waals surface area contributed by atoms with Gasteiger partial charge >= 0.3 is 5.97 Å². The van der Waals surface area contributed by atoms with E-state index < -0.39 is 12.0 Å². The lowest BCUT2D eigenvalue weighted by Gasteiger charge is -2.19. The van der Waals surface area contributed by atoms with E-state index in [9.17, 15) is 9.90 Å². The predicted octanol–water partition coefficient (Wildman–Crippen LogP) is 0.392. The maximum Gasteiger partial charge on any atom is 0.328 e. The molecule has 1 aromatic rings. The summed E-state index contributed by atoms with van der Waals surface area (Å²) in [6, 6.07) is -0.517. The molecule has 6 nitrogen and oxygen atoms in total. The van der Waals surface area contributed by atoms with Crippen molar-refractivity contribution in [3.8, 4) is 0 Å². The number of carbonyl (C=O) groups is 1. The fraction of sp³-hybridized carbons (Fsp3) is 0.750. The third kappa shape index (κ3) is 2.12. The summed E-state index contributed by atoms with van der Waals surface area (Å²) < 4.78 is 1.63. The van der Waals surface area contributed by atoms with Crippen LogP contribution in [0.1, 0.15) is 37.0 Å². The average molecular weight is 250 g/mol. The molecule has 98 valence electrons. The number of nitrogens with one attached hydrogen (secondary N) is 1. The van der Waals surface area contributed by atoms with Crippen LogP contribution in [0.3, 0.4) is 0 Å². The Kier molecular flexibility index (Phi) is 3.03.